The van der Waals surface area contributed by atoms with Crippen molar-refractivity contribution in [3.8, 4) is 0 Å². The quantitative estimate of drug-likeness (QED) is 0.107. The van der Waals surface area contributed by atoms with E-state index < -0.39 is 0 Å². The molecule has 0 radical (unpaired) electrons. The number of hydrogen-bond acceptors (Lipinski definition) is 4. The minimum Gasteiger partial charge on any atom is -0.356 e. The van der Waals surface area contributed by atoms with Gasteiger partial charge in [0, 0.05) is 26.7 Å². The lowest BCUT2D eigenvalue weighted by atomic mass is 9.85. The maximum Gasteiger partial charge on any atom is 0.233 e. The number of amides is 2. The number of carbonyl (C=O) groups is 2. The Morgan fingerprint density at radius 2 is 1.60 bits per heavy atom. The summed E-state index contributed by atoms with van der Waals surface area (Å²) in [6, 6.07) is 0. The first-order valence-electron chi connectivity index (χ1n) is 11.3. The Bertz CT molecular complexity index is 617. The van der Waals surface area contributed by atoms with Gasteiger partial charge < -0.3 is 15.5 Å². The fraction of sp³-hybridized carbons (Fsp3) is 0.773. The van der Waals surface area contributed by atoms with Gasteiger partial charge in [-0.05, 0) is 57.2 Å². The summed E-state index contributed by atoms with van der Waals surface area (Å²) in [6.07, 6.45) is 8.67. The van der Waals surface area contributed by atoms with Gasteiger partial charge in [-0.3, -0.25) is 19.5 Å². The summed E-state index contributed by atoms with van der Waals surface area (Å²) in [4.78, 5) is 33.6. The molecule has 3 aliphatic rings. The first-order chi connectivity index (χ1) is 14.1. The number of nitrogens with zero attached hydrogens (tertiary/aromatic N) is 3. The van der Waals surface area contributed by atoms with Gasteiger partial charge in [0.2, 0.25) is 11.8 Å². The third kappa shape index (κ3) is 5.55. The molecule has 4 unspecified atom stereocenters. The Hall–Kier alpha value is -1.16. The second-order valence-electron chi connectivity index (χ2n) is 8.45. The smallest absolute Gasteiger partial charge is 0.233 e. The number of imide groups is 1. The molecule has 1 heterocycles. The molecule has 1 saturated carbocycles. The second kappa shape index (κ2) is 12.0. The van der Waals surface area contributed by atoms with E-state index in [0.29, 0.717) is 13.1 Å². The third-order valence-corrected chi connectivity index (χ3v) is 6.44. The Labute approximate surface area is 198 Å². The normalized spacial score (nSPS) is 27.1. The van der Waals surface area contributed by atoms with Crippen LogP contribution in [-0.2, 0) is 9.59 Å². The number of nitrogens with one attached hydrogen (secondary N) is 2. The van der Waals surface area contributed by atoms with Gasteiger partial charge >= 0.3 is 0 Å². The van der Waals surface area contributed by atoms with Crippen molar-refractivity contribution in [2.75, 3.05) is 46.3 Å². The molecule has 30 heavy (non-hydrogen) atoms. The van der Waals surface area contributed by atoms with Crippen molar-refractivity contribution in [3.05, 3.63) is 12.2 Å². The van der Waals surface area contributed by atoms with Crippen LogP contribution < -0.4 is 10.6 Å². The number of halogens is 1. The van der Waals surface area contributed by atoms with Crippen LogP contribution in [0.5, 0.6) is 0 Å². The van der Waals surface area contributed by atoms with E-state index in [1.165, 1.54) is 17.7 Å². The van der Waals surface area contributed by atoms with E-state index in [9.17, 15) is 9.59 Å². The molecule has 1 aliphatic heterocycles. The molecule has 7 nitrogen and oxygen atoms in total. The highest BCUT2D eigenvalue weighted by atomic mass is 127. The van der Waals surface area contributed by atoms with Crippen LogP contribution in [0, 0.1) is 23.7 Å². The predicted molar refractivity (Wildman–Crippen MR) is 131 cm³/mol. The van der Waals surface area contributed by atoms with E-state index in [1.54, 1.807) is 7.05 Å². The molecular weight excluding hydrogens is 493 g/mol. The summed E-state index contributed by atoms with van der Waals surface area (Å²) >= 11 is 0. The SMILES string of the molecule is CCCN(CCC)CCCNC(=NC)NCCN1C(=O)C2C3C=CC(C3)C2C1=O.I. The molecular formula is C22H38IN5O2. The second-order valence-corrected chi connectivity index (χ2v) is 8.45. The molecule has 0 aromatic heterocycles. The minimum atomic E-state index is -0.107. The van der Waals surface area contributed by atoms with Crippen LogP contribution in [0.4, 0.5) is 0 Å². The van der Waals surface area contributed by atoms with E-state index in [2.05, 4.69) is 46.5 Å². The van der Waals surface area contributed by atoms with E-state index >= 15 is 0 Å². The number of guanidine groups is 1. The maximum absolute atomic E-state index is 12.7. The Morgan fingerprint density at radius 1 is 1.03 bits per heavy atom. The molecule has 0 aromatic carbocycles. The van der Waals surface area contributed by atoms with Crippen molar-refractivity contribution < 1.29 is 9.59 Å². The van der Waals surface area contributed by atoms with E-state index in [0.717, 1.165) is 45.0 Å². The molecule has 170 valence electrons. The molecule has 4 atom stereocenters. The third-order valence-electron chi connectivity index (χ3n) is 6.44. The predicted octanol–water partition coefficient (Wildman–Crippen LogP) is 2.09. The molecule has 2 aliphatic carbocycles. The number of aliphatic imine (C=N–C) groups is 1. The molecule has 3 rings (SSSR count). The average molecular weight is 531 g/mol. The van der Waals surface area contributed by atoms with Crippen LogP contribution in [-0.4, -0.2) is 73.9 Å². The number of carbonyl (C=O) groups excluding carboxylic acids is 2. The fourth-order valence-corrected chi connectivity index (χ4v) is 5.17. The summed E-state index contributed by atoms with van der Waals surface area (Å²) in [7, 11) is 1.75. The summed E-state index contributed by atoms with van der Waals surface area (Å²) in [6.45, 7) is 9.61. The molecule has 2 fully saturated rings. The first-order valence-corrected chi connectivity index (χ1v) is 11.3. The van der Waals surface area contributed by atoms with Crippen molar-refractivity contribution in [3.63, 3.8) is 0 Å². The summed E-state index contributed by atoms with van der Waals surface area (Å²) < 4.78 is 0. The van der Waals surface area contributed by atoms with Crippen LogP contribution >= 0.6 is 24.0 Å². The lowest BCUT2D eigenvalue weighted by molar-refractivity contribution is -0.140. The average Bonchev–Trinajstić information content (AvgIpc) is 3.39. The lowest BCUT2D eigenvalue weighted by Gasteiger charge is -2.21. The Morgan fingerprint density at radius 3 is 2.13 bits per heavy atom. The first kappa shape index (κ1) is 25.1. The number of allylic oxidation sites excluding steroid dienone is 2. The van der Waals surface area contributed by atoms with Crippen LogP contribution in [0.3, 0.4) is 0 Å². The zero-order chi connectivity index (χ0) is 20.8. The summed E-state index contributed by atoms with van der Waals surface area (Å²) in [5.41, 5.74) is 0. The summed E-state index contributed by atoms with van der Waals surface area (Å²) in [5, 5.41) is 6.58. The fourth-order valence-electron chi connectivity index (χ4n) is 5.17. The topological polar surface area (TPSA) is 77.0 Å². The number of likely N-dealkylation sites (tertiary alicyclic amines) is 1. The van der Waals surface area contributed by atoms with Gasteiger partial charge in [0.1, 0.15) is 0 Å². The van der Waals surface area contributed by atoms with E-state index in [4.69, 9.17) is 0 Å². The molecule has 1 saturated heterocycles. The van der Waals surface area contributed by atoms with Gasteiger partial charge in [0.05, 0.1) is 11.8 Å². The van der Waals surface area contributed by atoms with Gasteiger partial charge in [-0.25, -0.2) is 0 Å². The molecule has 8 heteroatoms. The van der Waals surface area contributed by atoms with Gasteiger partial charge in [0.25, 0.3) is 0 Å². The number of hydrogen-bond donors (Lipinski definition) is 2. The number of fused-ring (bicyclic) bond motifs is 5. The minimum absolute atomic E-state index is 0. The summed E-state index contributed by atoms with van der Waals surface area (Å²) in [5.74, 6) is 1.10. The maximum atomic E-state index is 12.7. The highest BCUT2D eigenvalue weighted by Crippen LogP contribution is 2.52. The largest absolute Gasteiger partial charge is 0.356 e. The zero-order valence-corrected chi connectivity index (χ0v) is 20.9. The highest BCUT2D eigenvalue weighted by molar-refractivity contribution is 14.0. The van der Waals surface area contributed by atoms with Crippen LogP contribution in [0.15, 0.2) is 17.1 Å². The Kier molecular flexibility index (Phi) is 10.1. The molecule has 0 aromatic rings. The standard InChI is InChI=1S/C22H37N5O2.HI/c1-4-11-26(12-5-2)13-6-9-24-22(23-3)25-10-14-27-20(28)18-16-7-8-17(15-16)19(18)21(27)29;/h7-8,16-19H,4-6,9-15H2,1-3H3,(H2,23,24,25);1H. The van der Waals surface area contributed by atoms with Gasteiger partial charge in [0.15, 0.2) is 5.96 Å². The number of rotatable bonds is 11. The monoisotopic (exact) mass is 531 g/mol. The lowest BCUT2D eigenvalue weighted by Crippen LogP contribution is -2.44. The zero-order valence-electron chi connectivity index (χ0n) is 18.6. The van der Waals surface area contributed by atoms with Crippen molar-refractivity contribution >= 4 is 41.8 Å². The highest BCUT2D eigenvalue weighted by Gasteiger charge is 2.58. The molecule has 0 spiro atoms. The van der Waals surface area contributed by atoms with Crippen molar-refractivity contribution in [2.24, 2.45) is 28.7 Å². The van der Waals surface area contributed by atoms with Gasteiger partial charge in [-0.15, -0.1) is 24.0 Å². The van der Waals surface area contributed by atoms with Crippen molar-refractivity contribution in [1.82, 2.24) is 20.4 Å². The van der Waals surface area contributed by atoms with Crippen LogP contribution in [0.25, 0.3) is 0 Å². The molecule has 2 N–H and O–H groups in total. The van der Waals surface area contributed by atoms with E-state index in [-0.39, 0.29) is 59.5 Å². The van der Waals surface area contributed by atoms with Gasteiger partial charge in [-0.1, -0.05) is 26.0 Å². The molecule has 2 bridgehead atoms. The van der Waals surface area contributed by atoms with E-state index in [1.807, 2.05) is 0 Å². The van der Waals surface area contributed by atoms with Crippen molar-refractivity contribution in [2.45, 2.75) is 39.5 Å². The Balaban J connectivity index is 0.00000320. The van der Waals surface area contributed by atoms with Crippen LogP contribution in [0.2, 0.25) is 0 Å². The van der Waals surface area contributed by atoms with Crippen molar-refractivity contribution in [1.29, 1.82) is 0 Å². The molecule has 2 amide bonds. The van der Waals surface area contributed by atoms with Crippen LogP contribution in [0.1, 0.15) is 39.5 Å². The van der Waals surface area contributed by atoms with Gasteiger partial charge in [-0.2, -0.15) is 0 Å².